The number of hydrogen-bond acceptors (Lipinski definition) is 3. The first-order valence-electron chi connectivity index (χ1n) is 5.91. The average molecular weight is 226 g/mol. The number of aliphatic hydroxyl groups is 1. The summed E-state index contributed by atoms with van der Waals surface area (Å²) in [6, 6.07) is 0. The minimum absolute atomic E-state index is 0.315. The second-order valence-corrected chi connectivity index (χ2v) is 5.29. The van der Waals surface area contributed by atoms with E-state index in [4.69, 9.17) is 4.74 Å². The second kappa shape index (κ2) is 5.00. The molecule has 3 nitrogen and oxygen atoms in total. The Labute approximate surface area is 97.5 Å². The Hall–Kier alpha value is -0.830. The summed E-state index contributed by atoms with van der Waals surface area (Å²) in [5.74, 6) is 0.378. The van der Waals surface area contributed by atoms with Crippen molar-refractivity contribution in [2.75, 3.05) is 0 Å². The van der Waals surface area contributed by atoms with Gasteiger partial charge in [0.1, 0.15) is 5.60 Å². The summed E-state index contributed by atoms with van der Waals surface area (Å²) in [7, 11) is 0. The van der Waals surface area contributed by atoms with E-state index in [9.17, 15) is 9.90 Å². The predicted molar refractivity (Wildman–Crippen MR) is 62.9 cm³/mol. The fourth-order valence-electron chi connectivity index (χ4n) is 2.52. The lowest BCUT2D eigenvalue weighted by molar-refractivity contribution is -0.162. The van der Waals surface area contributed by atoms with Crippen molar-refractivity contribution in [3.63, 3.8) is 0 Å². The first-order valence-corrected chi connectivity index (χ1v) is 5.91. The Morgan fingerprint density at radius 1 is 1.62 bits per heavy atom. The molecule has 0 aromatic rings. The topological polar surface area (TPSA) is 46.5 Å². The predicted octanol–water partition coefficient (Wildman–Crippen LogP) is 2.29. The minimum Gasteiger partial charge on any atom is -0.456 e. The molecule has 0 heterocycles. The molecule has 16 heavy (non-hydrogen) atoms. The molecule has 3 unspecified atom stereocenters. The molecule has 0 bridgehead atoms. The third-order valence-electron chi connectivity index (χ3n) is 3.51. The van der Waals surface area contributed by atoms with Crippen LogP contribution in [-0.2, 0) is 9.53 Å². The van der Waals surface area contributed by atoms with Crippen molar-refractivity contribution < 1.29 is 14.6 Å². The quantitative estimate of drug-likeness (QED) is 0.593. The van der Waals surface area contributed by atoms with Gasteiger partial charge in [0.05, 0.1) is 6.10 Å². The van der Waals surface area contributed by atoms with Crippen LogP contribution in [0, 0.1) is 11.8 Å². The summed E-state index contributed by atoms with van der Waals surface area (Å²) in [6.45, 7) is 9.50. The first kappa shape index (κ1) is 13.2. The summed E-state index contributed by atoms with van der Waals surface area (Å²) in [5.41, 5.74) is -0.532. The zero-order valence-electron chi connectivity index (χ0n) is 10.4. The van der Waals surface area contributed by atoms with Crippen molar-refractivity contribution in [3.05, 3.63) is 12.7 Å². The van der Waals surface area contributed by atoms with Crippen molar-refractivity contribution in [2.24, 2.45) is 11.8 Å². The highest BCUT2D eigenvalue weighted by Gasteiger charge is 2.40. The van der Waals surface area contributed by atoms with Gasteiger partial charge in [0, 0.05) is 12.5 Å². The normalized spacial score (nSPS) is 34.8. The van der Waals surface area contributed by atoms with Crippen LogP contribution in [0.5, 0.6) is 0 Å². The minimum atomic E-state index is -0.532. The maximum absolute atomic E-state index is 11.2. The number of esters is 1. The van der Waals surface area contributed by atoms with Crippen LogP contribution in [0.25, 0.3) is 0 Å². The van der Waals surface area contributed by atoms with Gasteiger partial charge in [-0.25, -0.2) is 4.79 Å². The number of aliphatic hydroxyl groups excluding tert-OH is 1. The van der Waals surface area contributed by atoms with E-state index in [1.165, 1.54) is 6.08 Å². The molecule has 1 fully saturated rings. The second-order valence-electron chi connectivity index (χ2n) is 5.29. The number of hydrogen-bond donors (Lipinski definition) is 1. The van der Waals surface area contributed by atoms with Crippen LogP contribution in [0.2, 0.25) is 0 Å². The fourth-order valence-corrected chi connectivity index (χ4v) is 2.52. The van der Waals surface area contributed by atoms with Gasteiger partial charge < -0.3 is 9.84 Å². The largest absolute Gasteiger partial charge is 0.456 e. The lowest BCUT2D eigenvalue weighted by atomic mass is 9.73. The van der Waals surface area contributed by atoms with Crippen LogP contribution in [0.1, 0.15) is 40.0 Å². The molecule has 3 atom stereocenters. The molecule has 92 valence electrons. The SMILES string of the molecule is C=CC(=O)OC1(C)CCC(C(C)C)C(O)C1. The van der Waals surface area contributed by atoms with Gasteiger partial charge in [-0.2, -0.15) is 0 Å². The van der Waals surface area contributed by atoms with Crippen LogP contribution in [-0.4, -0.2) is 22.8 Å². The van der Waals surface area contributed by atoms with Gasteiger partial charge >= 0.3 is 5.97 Å². The number of ether oxygens (including phenoxy) is 1. The Morgan fingerprint density at radius 2 is 2.25 bits per heavy atom. The van der Waals surface area contributed by atoms with Crippen LogP contribution >= 0.6 is 0 Å². The van der Waals surface area contributed by atoms with E-state index in [-0.39, 0.29) is 6.10 Å². The summed E-state index contributed by atoms with van der Waals surface area (Å²) in [4.78, 5) is 11.2. The molecular formula is C13H22O3. The average Bonchev–Trinajstić information content (AvgIpc) is 2.16. The molecule has 0 aliphatic heterocycles. The van der Waals surface area contributed by atoms with E-state index in [2.05, 4.69) is 20.4 Å². The molecule has 1 saturated carbocycles. The smallest absolute Gasteiger partial charge is 0.330 e. The van der Waals surface area contributed by atoms with E-state index in [0.717, 1.165) is 12.8 Å². The Kier molecular flexibility index (Phi) is 4.14. The molecule has 0 aromatic carbocycles. The van der Waals surface area contributed by atoms with Gasteiger partial charge in [-0.15, -0.1) is 0 Å². The molecule has 1 rings (SSSR count). The Balaban J connectivity index is 2.61. The summed E-state index contributed by atoms with van der Waals surface area (Å²) >= 11 is 0. The standard InChI is InChI=1S/C13H22O3/c1-5-12(15)16-13(4)7-6-10(9(2)3)11(14)8-13/h5,9-11,14H,1,6-8H2,2-4H3. The molecule has 0 radical (unpaired) electrons. The maximum Gasteiger partial charge on any atom is 0.330 e. The number of carbonyl (C=O) groups excluding carboxylic acids is 1. The molecule has 0 amide bonds. The lowest BCUT2D eigenvalue weighted by Crippen LogP contribution is -2.44. The third-order valence-corrected chi connectivity index (χ3v) is 3.51. The van der Waals surface area contributed by atoms with E-state index >= 15 is 0 Å². The van der Waals surface area contributed by atoms with Crippen LogP contribution in [0.15, 0.2) is 12.7 Å². The molecule has 1 N–H and O–H groups in total. The van der Waals surface area contributed by atoms with Gasteiger partial charge in [-0.3, -0.25) is 0 Å². The van der Waals surface area contributed by atoms with Crippen molar-refractivity contribution in [2.45, 2.75) is 51.7 Å². The van der Waals surface area contributed by atoms with Crippen molar-refractivity contribution >= 4 is 5.97 Å². The van der Waals surface area contributed by atoms with Crippen LogP contribution in [0.4, 0.5) is 0 Å². The molecule has 1 aliphatic rings. The van der Waals surface area contributed by atoms with Crippen molar-refractivity contribution in [3.8, 4) is 0 Å². The fraction of sp³-hybridized carbons (Fsp3) is 0.769. The van der Waals surface area contributed by atoms with Crippen molar-refractivity contribution in [1.29, 1.82) is 0 Å². The summed E-state index contributed by atoms with van der Waals surface area (Å²) in [6.07, 6.45) is 3.03. The highest BCUT2D eigenvalue weighted by molar-refractivity contribution is 5.81. The number of rotatable bonds is 3. The molecule has 0 aromatic heterocycles. The zero-order valence-corrected chi connectivity index (χ0v) is 10.4. The Morgan fingerprint density at radius 3 is 2.69 bits per heavy atom. The van der Waals surface area contributed by atoms with Crippen LogP contribution in [0.3, 0.4) is 0 Å². The molecule has 3 heteroatoms. The zero-order chi connectivity index (χ0) is 12.3. The molecule has 0 saturated heterocycles. The van der Waals surface area contributed by atoms with Gasteiger partial charge in [0.2, 0.25) is 0 Å². The van der Waals surface area contributed by atoms with Gasteiger partial charge in [0.15, 0.2) is 0 Å². The number of carbonyl (C=O) groups is 1. The lowest BCUT2D eigenvalue weighted by Gasteiger charge is -2.41. The molecular weight excluding hydrogens is 204 g/mol. The third kappa shape index (κ3) is 3.08. The maximum atomic E-state index is 11.2. The molecule has 1 aliphatic carbocycles. The molecule has 0 spiro atoms. The van der Waals surface area contributed by atoms with Gasteiger partial charge in [0.25, 0.3) is 0 Å². The van der Waals surface area contributed by atoms with E-state index in [1.807, 2.05) is 6.92 Å². The first-order chi connectivity index (χ1) is 7.38. The van der Waals surface area contributed by atoms with E-state index in [1.54, 1.807) is 0 Å². The highest BCUT2D eigenvalue weighted by atomic mass is 16.6. The van der Waals surface area contributed by atoms with Crippen LogP contribution < -0.4 is 0 Å². The summed E-state index contributed by atoms with van der Waals surface area (Å²) < 4.78 is 5.31. The summed E-state index contributed by atoms with van der Waals surface area (Å²) in [5, 5.41) is 10.0. The monoisotopic (exact) mass is 226 g/mol. The van der Waals surface area contributed by atoms with E-state index in [0.29, 0.717) is 18.3 Å². The van der Waals surface area contributed by atoms with E-state index < -0.39 is 11.6 Å². The highest BCUT2D eigenvalue weighted by Crippen LogP contribution is 2.38. The van der Waals surface area contributed by atoms with Crippen molar-refractivity contribution in [1.82, 2.24) is 0 Å². The van der Waals surface area contributed by atoms with Gasteiger partial charge in [-0.1, -0.05) is 20.4 Å². The Bertz CT molecular complexity index is 272. The van der Waals surface area contributed by atoms with Gasteiger partial charge in [-0.05, 0) is 31.6 Å².